The van der Waals surface area contributed by atoms with Gasteiger partial charge in [0, 0.05) is 18.1 Å². The maximum Gasteiger partial charge on any atom is 0.417 e. The highest BCUT2D eigenvalue weighted by Crippen LogP contribution is 2.39. The summed E-state index contributed by atoms with van der Waals surface area (Å²) in [5, 5.41) is 7.94. The monoisotopic (exact) mass is 533 g/mol. The van der Waals surface area contributed by atoms with Crippen LogP contribution in [-0.2, 0) is 12.7 Å². The molecule has 2 aliphatic heterocycles. The fourth-order valence-electron chi connectivity index (χ4n) is 3.73. The molecule has 38 heavy (non-hydrogen) atoms. The standard InChI is InChI=1S/C25H17F6N5O2/c26-7-2-8-37-14-5-6-16(18(9-14)25(29,30)31)20-10-15(38-35-20)12-36-13-22-21(11-32-36)33-24(34-22)17-3-1-4-19(27)23(17)28/h1,3-6,9-11,13H,2,7-8,12H2. The van der Waals surface area contributed by atoms with Crippen molar-refractivity contribution < 1.29 is 35.6 Å². The third-order valence-corrected chi connectivity index (χ3v) is 5.50. The van der Waals surface area contributed by atoms with Gasteiger partial charge in [-0.1, -0.05) is 11.2 Å². The molecule has 0 amide bonds. The van der Waals surface area contributed by atoms with E-state index in [1.165, 1.54) is 47.4 Å². The summed E-state index contributed by atoms with van der Waals surface area (Å²) in [5.41, 5.74) is -0.690. The minimum atomic E-state index is -4.70. The van der Waals surface area contributed by atoms with Crippen molar-refractivity contribution in [2.45, 2.75) is 19.1 Å². The van der Waals surface area contributed by atoms with Gasteiger partial charge in [0.2, 0.25) is 0 Å². The Morgan fingerprint density at radius 2 is 1.76 bits per heavy atom. The lowest BCUT2D eigenvalue weighted by Gasteiger charge is -2.13. The summed E-state index contributed by atoms with van der Waals surface area (Å²) < 4.78 is 93.0. The molecule has 0 N–H and O–H groups in total. The second-order valence-electron chi connectivity index (χ2n) is 8.16. The van der Waals surface area contributed by atoms with Gasteiger partial charge in [-0.3, -0.25) is 9.07 Å². The number of fused-ring (bicyclic) bond motifs is 1. The van der Waals surface area contributed by atoms with Gasteiger partial charge in [0.1, 0.15) is 29.4 Å². The minimum Gasteiger partial charge on any atom is -0.493 e. The van der Waals surface area contributed by atoms with Crippen LogP contribution in [0.4, 0.5) is 26.3 Å². The van der Waals surface area contributed by atoms with Crippen LogP contribution in [0.25, 0.3) is 34.0 Å². The molecule has 196 valence electrons. The molecule has 0 spiro atoms. The zero-order valence-electron chi connectivity index (χ0n) is 19.3. The first-order valence-corrected chi connectivity index (χ1v) is 11.2. The van der Waals surface area contributed by atoms with E-state index in [0.717, 1.165) is 12.1 Å². The zero-order chi connectivity index (χ0) is 26.9. The van der Waals surface area contributed by atoms with Crippen molar-refractivity contribution in [2.24, 2.45) is 0 Å². The number of benzene rings is 2. The Bertz CT molecular complexity index is 1550. The van der Waals surface area contributed by atoms with Crippen LogP contribution in [0.15, 0.2) is 59.4 Å². The quantitative estimate of drug-likeness (QED) is 0.175. The molecule has 2 aromatic carbocycles. The van der Waals surface area contributed by atoms with E-state index in [4.69, 9.17) is 9.26 Å². The van der Waals surface area contributed by atoms with Crippen LogP contribution in [0.5, 0.6) is 5.75 Å². The van der Waals surface area contributed by atoms with Gasteiger partial charge in [-0.2, -0.15) is 18.3 Å². The Morgan fingerprint density at radius 3 is 2.55 bits per heavy atom. The first-order valence-electron chi connectivity index (χ1n) is 11.2. The molecule has 0 unspecified atom stereocenters. The van der Waals surface area contributed by atoms with Crippen molar-refractivity contribution in [1.29, 1.82) is 0 Å². The summed E-state index contributed by atoms with van der Waals surface area (Å²) in [5.74, 6) is -1.97. The van der Waals surface area contributed by atoms with Crippen molar-refractivity contribution in [3.63, 3.8) is 0 Å². The van der Waals surface area contributed by atoms with E-state index in [9.17, 15) is 26.3 Å². The Morgan fingerprint density at radius 1 is 0.947 bits per heavy atom. The molecule has 0 saturated heterocycles. The summed E-state index contributed by atoms with van der Waals surface area (Å²) in [6.07, 6.45) is -1.79. The van der Waals surface area contributed by atoms with Gasteiger partial charge in [0.25, 0.3) is 0 Å². The number of hydrogen-bond acceptors (Lipinski definition) is 6. The number of rotatable bonds is 8. The molecule has 0 saturated carbocycles. The molecule has 1 aromatic heterocycles. The van der Waals surface area contributed by atoms with E-state index in [0.29, 0.717) is 11.4 Å². The Hall–Kier alpha value is -4.42. The molecule has 3 heterocycles. The number of imidazole rings is 1. The molecular formula is C25H17F6N5O2. The molecular weight excluding hydrogens is 516 g/mol. The highest BCUT2D eigenvalue weighted by Gasteiger charge is 2.35. The largest absolute Gasteiger partial charge is 0.493 e. The summed E-state index contributed by atoms with van der Waals surface area (Å²) in [4.78, 5) is 8.41. The zero-order valence-corrected chi connectivity index (χ0v) is 19.3. The number of halogens is 6. The molecule has 0 aliphatic carbocycles. The van der Waals surface area contributed by atoms with Gasteiger partial charge in [-0.15, -0.1) is 0 Å². The van der Waals surface area contributed by atoms with Gasteiger partial charge in [0.05, 0.1) is 36.8 Å². The van der Waals surface area contributed by atoms with Crippen LogP contribution in [0.2, 0.25) is 0 Å². The van der Waals surface area contributed by atoms with Crippen molar-refractivity contribution in [3.8, 4) is 39.8 Å². The van der Waals surface area contributed by atoms with Crippen LogP contribution >= 0.6 is 0 Å². The van der Waals surface area contributed by atoms with Gasteiger partial charge in [0.15, 0.2) is 23.2 Å². The van der Waals surface area contributed by atoms with E-state index >= 15 is 0 Å². The maximum atomic E-state index is 14.1. The summed E-state index contributed by atoms with van der Waals surface area (Å²) >= 11 is 0. The maximum absolute atomic E-state index is 14.1. The van der Waals surface area contributed by atoms with Crippen LogP contribution in [-0.4, -0.2) is 38.2 Å². The molecule has 3 aromatic rings. The highest BCUT2D eigenvalue weighted by atomic mass is 19.4. The fraction of sp³-hybridized carbons (Fsp3) is 0.200. The van der Waals surface area contributed by atoms with E-state index in [2.05, 4.69) is 20.2 Å². The molecule has 13 heteroatoms. The van der Waals surface area contributed by atoms with Crippen LogP contribution in [0.1, 0.15) is 17.7 Å². The lowest BCUT2D eigenvalue weighted by atomic mass is 10.0. The van der Waals surface area contributed by atoms with Crippen LogP contribution in [0, 0.1) is 11.6 Å². The minimum absolute atomic E-state index is 0.00869. The normalized spacial score (nSPS) is 11.8. The number of alkyl halides is 4. The van der Waals surface area contributed by atoms with Crippen molar-refractivity contribution in [1.82, 2.24) is 24.9 Å². The molecule has 7 nitrogen and oxygen atoms in total. The molecule has 2 aliphatic rings. The second-order valence-corrected chi connectivity index (χ2v) is 8.16. The van der Waals surface area contributed by atoms with E-state index in [-0.39, 0.29) is 53.7 Å². The number of ether oxygens (including phenoxy) is 1. The highest BCUT2D eigenvalue weighted by molar-refractivity contribution is 5.66. The van der Waals surface area contributed by atoms with Gasteiger partial charge < -0.3 is 9.26 Å². The average molecular weight is 533 g/mol. The first-order chi connectivity index (χ1) is 18.2. The SMILES string of the molecule is FCCCOc1ccc(-c2cc(Cn3cc4nc(-c5cccc(F)c5F)nc-4cn3)on2)c(C(F)(F)F)c1. The summed E-state index contributed by atoms with van der Waals surface area (Å²) in [7, 11) is 0. The predicted octanol–water partition coefficient (Wildman–Crippen LogP) is 6.18. The Balaban J connectivity index is 1.39. The van der Waals surface area contributed by atoms with Crippen LogP contribution < -0.4 is 4.74 Å². The predicted molar refractivity (Wildman–Crippen MR) is 122 cm³/mol. The van der Waals surface area contributed by atoms with Gasteiger partial charge >= 0.3 is 6.18 Å². The molecule has 0 bridgehead atoms. The first kappa shape index (κ1) is 25.2. The van der Waals surface area contributed by atoms with E-state index in [1.54, 1.807) is 0 Å². The Kier molecular flexibility index (Phi) is 6.74. The number of hydrogen-bond donors (Lipinski definition) is 0. The van der Waals surface area contributed by atoms with Crippen molar-refractivity contribution in [3.05, 3.63) is 77.8 Å². The van der Waals surface area contributed by atoms with E-state index in [1.807, 2.05) is 0 Å². The molecule has 0 atom stereocenters. The third-order valence-electron chi connectivity index (χ3n) is 5.50. The van der Waals surface area contributed by atoms with Crippen LogP contribution in [0.3, 0.4) is 0 Å². The average Bonchev–Trinajstić information content (AvgIpc) is 3.52. The number of nitrogens with zero attached hydrogens (tertiary/aromatic N) is 5. The molecule has 0 radical (unpaired) electrons. The number of aromatic nitrogens is 5. The lowest BCUT2D eigenvalue weighted by Crippen LogP contribution is -2.08. The van der Waals surface area contributed by atoms with E-state index < -0.39 is 30.0 Å². The van der Waals surface area contributed by atoms with Crippen molar-refractivity contribution in [2.75, 3.05) is 13.3 Å². The van der Waals surface area contributed by atoms with Gasteiger partial charge in [-0.25, -0.2) is 18.7 Å². The molecule has 5 rings (SSSR count). The smallest absolute Gasteiger partial charge is 0.417 e. The second kappa shape index (κ2) is 10.1. The van der Waals surface area contributed by atoms with Crippen molar-refractivity contribution >= 4 is 0 Å². The topological polar surface area (TPSA) is 78.9 Å². The lowest BCUT2D eigenvalue weighted by molar-refractivity contribution is -0.137. The van der Waals surface area contributed by atoms with Gasteiger partial charge in [-0.05, 0) is 30.3 Å². The molecule has 0 fully saturated rings. The fourth-order valence-corrected chi connectivity index (χ4v) is 3.73. The summed E-state index contributed by atoms with van der Waals surface area (Å²) in [6, 6.07) is 8.40. The third kappa shape index (κ3) is 5.17. The Labute approximate surface area is 211 Å². The summed E-state index contributed by atoms with van der Waals surface area (Å²) in [6.45, 7) is -0.704.